The van der Waals surface area contributed by atoms with Crippen molar-refractivity contribution in [1.29, 1.82) is 0 Å². The Kier molecular flexibility index (Phi) is 8.35. The average Bonchev–Trinajstić information content (AvgIpc) is 2.75. The van der Waals surface area contributed by atoms with Crippen molar-refractivity contribution in [2.45, 2.75) is 52.7 Å². The average molecular weight is 431 g/mol. The summed E-state index contributed by atoms with van der Waals surface area (Å²) in [6, 6.07) is 6.67. The molecule has 1 aliphatic rings. The lowest BCUT2D eigenvalue weighted by Crippen LogP contribution is -2.49. The summed E-state index contributed by atoms with van der Waals surface area (Å²) in [6.45, 7) is 12.4. The van der Waals surface area contributed by atoms with Crippen LogP contribution in [-0.2, 0) is 17.6 Å². The van der Waals surface area contributed by atoms with E-state index >= 15 is 0 Å². The third-order valence-corrected chi connectivity index (χ3v) is 5.57. The first-order valence-electron chi connectivity index (χ1n) is 11.2. The fourth-order valence-electron chi connectivity index (χ4n) is 3.98. The summed E-state index contributed by atoms with van der Waals surface area (Å²) in [5.41, 5.74) is 3.23. The maximum absolute atomic E-state index is 13.3. The van der Waals surface area contributed by atoms with Gasteiger partial charge < -0.3 is 14.7 Å². The Morgan fingerprint density at radius 3 is 2.39 bits per heavy atom. The second kappa shape index (κ2) is 11.0. The van der Waals surface area contributed by atoms with Crippen LogP contribution >= 0.6 is 0 Å². The van der Waals surface area contributed by atoms with Crippen molar-refractivity contribution in [3.8, 4) is 0 Å². The molecule has 3 rings (SSSR count). The van der Waals surface area contributed by atoms with Crippen LogP contribution in [0.15, 0.2) is 24.3 Å². The highest BCUT2D eigenvalue weighted by Crippen LogP contribution is 2.26. The Balaban J connectivity index is 1.71. The second-order valence-electron chi connectivity index (χ2n) is 8.50. The summed E-state index contributed by atoms with van der Waals surface area (Å²) in [5, 5.41) is 10.2. The molecule has 1 saturated heterocycles. The van der Waals surface area contributed by atoms with Crippen LogP contribution in [0, 0.1) is 12.7 Å². The maximum atomic E-state index is 13.3. The molecule has 7 heteroatoms. The van der Waals surface area contributed by atoms with Crippen molar-refractivity contribution in [2.75, 3.05) is 44.2 Å². The smallest absolute Gasteiger partial charge is 0.136 e. The molecular weight excluding hydrogens is 395 g/mol. The minimum Gasteiger partial charge on any atom is -0.389 e. The number of aliphatic hydroxyl groups excluding tert-OH is 1. The van der Waals surface area contributed by atoms with Gasteiger partial charge in [0.25, 0.3) is 0 Å². The zero-order valence-electron chi connectivity index (χ0n) is 19.1. The number of aromatic nitrogens is 2. The van der Waals surface area contributed by atoms with Gasteiger partial charge in [0.05, 0.1) is 18.8 Å². The third-order valence-electron chi connectivity index (χ3n) is 5.57. The predicted molar refractivity (Wildman–Crippen MR) is 121 cm³/mol. The van der Waals surface area contributed by atoms with Crippen LogP contribution < -0.4 is 4.90 Å². The number of nitrogens with zero attached hydrogens (tertiary/aromatic N) is 4. The summed E-state index contributed by atoms with van der Waals surface area (Å²) in [4.78, 5) is 14.1. The molecule has 1 fully saturated rings. The number of hydrogen-bond acceptors (Lipinski definition) is 6. The molecule has 0 saturated carbocycles. The van der Waals surface area contributed by atoms with Crippen LogP contribution in [0.3, 0.4) is 0 Å². The number of rotatable bonds is 9. The van der Waals surface area contributed by atoms with E-state index in [1.807, 2.05) is 32.9 Å². The van der Waals surface area contributed by atoms with E-state index in [1.54, 1.807) is 0 Å². The van der Waals surface area contributed by atoms with Crippen LogP contribution in [0.25, 0.3) is 0 Å². The number of aryl methyl sites for hydroxylation is 2. The van der Waals surface area contributed by atoms with Crippen molar-refractivity contribution in [2.24, 2.45) is 0 Å². The molecule has 1 aromatic heterocycles. The van der Waals surface area contributed by atoms with E-state index in [9.17, 15) is 9.50 Å². The Hall–Kier alpha value is -2.09. The topological polar surface area (TPSA) is 61.7 Å². The number of benzene rings is 1. The molecule has 0 amide bonds. The summed E-state index contributed by atoms with van der Waals surface area (Å²) in [7, 11) is 0. The number of anilines is 1. The molecule has 1 N–H and O–H groups in total. The summed E-state index contributed by atoms with van der Waals surface area (Å²) in [5.74, 6) is 1.53. The van der Waals surface area contributed by atoms with Crippen LogP contribution in [0.2, 0.25) is 0 Å². The van der Waals surface area contributed by atoms with Crippen LogP contribution in [0.1, 0.15) is 43.4 Å². The molecule has 1 atom stereocenters. The molecule has 2 heterocycles. The number of piperazine rings is 1. The molecule has 31 heavy (non-hydrogen) atoms. The first-order valence-corrected chi connectivity index (χ1v) is 11.2. The first kappa shape index (κ1) is 23.6. The van der Waals surface area contributed by atoms with Crippen LogP contribution in [0.5, 0.6) is 0 Å². The predicted octanol–water partition coefficient (Wildman–Crippen LogP) is 2.99. The van der Waals surface area contributed by atoms with E-state index in [4.69, 9.17) is 9.72 Å². The van der Waals surface area contributed by atoms with E-state index in [2.05, 4.69) is 21.7 Å². The SMILES string of the molecule is CCc1nc(C)nc(N2CCN(CC(O)COC(C)C)CC2)c1Cc1ccc(F)cc1. The van der Waals surface area contributed by atoms with E-state index in [0.29, 0.717) is 19.6 Å². The maximum Gasteiger partial charge on any atom is 0.136 e. The Morgan fingerprint density at radius 2 is 1.77 bits per heavy atom. The highest BCUT2D eigenvalue weighted by atomic mass is 19.1. The van der Waals surface area contributed by atoms with Crippen molar-refractivity contribution in [3.63, 3.8) is 0 Å². The molecule has 1 aliphatic heterocycles. The quantitative estimate of drug-likeness (QED) is 0.660. The Bertz CT molecular complexity index is 836. The minimum absolute atomic E-state index is 0.125. The Labute approximate surface area is 185 Å². The third kappa shape index (κ3) is 6.69. The summed E-state index contributed by atoms with van der Waals surface area (Å²) in [6.07, 6.45) is 1.16. The molecule has 1 unspecified atom stereocenters. The molecule has 170 valence electrons. The van der Waals surface area contributed by atoms with Gasteiger partial charge in [0.15, 0.2) is 0 Å². The monoisotopic (exact) mass is 430 g/mol. The lowest BCUT2D eigenvalue weighted by Gasteiger charge is -2.37. The molecule has 0 aliphatic carbocycles. The normalized spacial score (nSPS) is 16.2. The van der Waals surface area contributed by atoms with Gasteiger partial charge in [-0.2, -0.15) is 0 Å². The zero-order valence-corrected chi connectivity index (χ0v) is 19.1. The van der Waals surface area contributed by atoms with E-state index in [0.717, 1.165) is 61.1 Å². The van der Waals surface area contributed by atoms with Gasteiger partial charge in [-0.3, -0.25) is 4.90 Å². The second-order valence-corrected chi connectivity index (χ2v) is 8.50. The van der Waals surface area contributed by atoms with E-state index in [1.165, 1.54) is 12.1 Å². The lowest BCUT2D eigenvalue weighted by molar-refractivity contribution is -0.00901. The van der Waals surface area contributed by atoms with Crippen LogP contribution in [0.4, 0.5) is 10.2 Å². The highest BCUT2D eigenvalue weighted by Gasteiger charge is 2.24. The number of hydrogen-bond donors (Lipinski definition) is 1. The molecule has 1 aromatic carbocycles. The molecule has 2 aromatic rings. The number of β-amino-alcohol motifs (C(OH)–C–C–N with tert-alkyl or cyclic N) is 1. The van der Waals surface area contributed by atoms with Crippen molar-refractivity contribution in [1.82, 2.24) is 14.9 Å². The lowest BCUT2D eigenvalue weighted by atomic mass is 10.0. The number of aliphatic hydroxyl groups is 1. The fraction of sp³-hybridized carbons (Fsp3) is 0.583. The van der Waals surface area contributed by atoms with E-state index in [-0.39, 0.29) is 11.9 Å². The van der Waals surface area contributed by atoms with Gasteiger partial charge in [-0.1, -0.05) is 19.1 Å². The Morgan fingerprint density at radius 1 is 1.10 bits per heavy atom. The first-order chi connectivity index (χ1) is 14.9. The molecule has 0 spiro atoms. The van der Waals surface area contributed by atoms with Gasteiger partial charge in [-0.05, 0) is 44.9 Å². The summed E-state index contributed by atoms with van der Waals surface area (Å²) >= 11 is 0. The standard InChI is InChI=1S/C24H35FN4O2/c1-5-23-22(14-19-6-8-20(25)9-7-19)24(27-18(4)26-23)29-12-10-28(11-13-29)15-21(30)16-31-17(2)3/h6-9,17,21,30H,5,10-16H2,1-4H3. The summed E-state index contributed by atoms with van der Waals surface area (Å²) < 4.78 is 18.9. The van der Waals surface area contributed by atoms with Gasteiger partial charge in [0, 0.05) is 50.4 Å². The number of halogens is 1. The van der Waals surface area contributed by atoms with Gasteiger partial charge in [-0.25, -0.2) is 14.4 Å². The molecule has 0 radical (unpaired) electrons. The van der Waals surface area contributed by atoms with Gasteiger partial charge in [0.1, 0.15) is 17.5 Å². The van der Waals surface area contributed by atoms with Gasteiger partial charge in [0.2, 0.25) is 0 Å². The largest absolute Gasteiger partial charge is 0.389 e. The fourth-order valence-corrected chi connectivity index (χ4v) is 3.98. The zero-order chi connectivity index (χ0) is 22.4. The molecular formula is C24H35FN4O2. The van der Waals surface area contributed by atoms with E-state index < -0.39 is 6.10 Å². The van der Waals surface area contributed by atoms with Crippen LogP contribution in [-0.4, -0.2) is 71.5 Å². The van der Waals surface area contributed by atoms with Crippen molar-refractivity contribution >= 4 is 5.82 Å². The highest BCUT2D eigenvalue weighted by molar-refractivity contribution is 5.52. The molecule has 6 nitrogen and oxygen atoms in total. The minimum atomic E-state index is -0.476. The number of ether oxygens (including phenoxy) is 1. The van der Waals surface area contributed by atoms with Gasteiger partial charge >= 0.3 is 0 Å². The van der Waals surface area contributed by atoms with Crippen molar-refractivity contribution in [3.05, 3.63) is 52.7 Å². The van der Waals surface area contributed by atoms with Gasteiger partial charge in [-0.15, -0.1) is 0 Å². The molecule has 0 bridgehead atoms. The van der Waals surface area contributed by atoms with Crippen molar-refractivity contribution < 1.29 is 14.2 Å².